The number of esters is 1. The number of hydrogen-bond acceptors (Lipinski definition) is 6. The van der Waals surface area contributed by atoms with Crippen LogP contribution in [0.1, 0.15) is 17.3 Å². The molecule has 0 spiro atoms. The zero-order valence-corrected chi connectivity index (χ0v) is 17.9. The fourth-order valence-electron chi connectivity index (χ4n) is 3.19. The molecule has 8 nitrogen and oxygen atoms in total. The Morgan fingerprint density at radius 3 is 2.19 bits per heavy atom. The third kappa shape index (κ3) is 5.87. The van der Waals surface area contributed by atoms with Crippen molar-refractivity contribution in [3.05, 3.63) is 59.9 Å². The van der Waals surface area contributed by atoms with E-state index in [0.29, 0.717) is 24.3 Å². The highest BCUT2D eigenvalue weighted by Gasteiger charge is 2.29. The predicted molar refractivity (Wildman–Crippen MR) is 113 cm³/mol. The summed E-state index contributed by atoms with van der Waals surface area (Å²) in [6, 6.07) is 11.1. The number of sulfonamides is 1. The first-order chi connectivity index (χ1) is 14.8. The summed E-state index contributed by atoms with van der Waals surface area (Å²) in [6.07, 6.45) is 0. The highest BCUT2D eigenvalue weighted by Crippen LogP contribution is 2.18. The van der Waals surface area contributed by atoms with Crippen LogP contribution in [0.4, 0.5) is 10.1 Å². The zero-order chi connectivity index (χ0) is 22.4. The normalized spacial score (nSPS) is 15.4. The van der Waals surface area contributed by atoms with E-state index in [1.807, 2.05) is 4.90 Å². The number of piperazine rings is 1. The van der Waals surface area contributed by atoms with Crippen LogP contribution in [0.15, 0.2) is 53.4 Å². The molecule has 0 bridgehead atoms. The SMILES string of the molecule is CCOC(=O)c1ccc(NC(=O)CN2CCN(S(=O)(=O)c3ccc(F)cc3)CC2)cc1. The molecule has 1 heterocycles. The highest BCUT2D eigenvalue weighted by atomic mass is 32.2. The summed E-state index contributed by atoms with van der Waals surface area (Å²) in [6.45, 7) is 3.40. The quantitative estimate of drug-likeness (QED) is 0.649. The van der Waals surface area contributed by atoms with Crippen LogP contribution in [0.25, 0.3) is 0 Å². The number of carbonyl (C=O) groups excluding carboxylic acids is 2. The van der Waals surface area contributed by atoms with Gasteiger partial charge in [-0.05, 0) is 55.5 Å². The number of nitrogens with one attached hydrogen (secondary N) is 1. The zero-order valence-electron chi connectivity index (χ0n) is 17.1. The molecule has 31 heavy (non-hydrogen) atoms. The van der Waals surface area contributed by atoms with E-state index in [2.05, 4.69) is 5.32 Å². The fourth-order valence-corrected chi connectivity index (χ4v) is 4.61. The van der Waals surface area contributed by atoms with Crippen LogP contribution in [0.3, 0.4) is 0 Å². The second kappa shape index (κ2) is 9.99. The summed E-state index contributed by atoms with van der Waals surface area (Å²) in [5.41, 5.74) is 0.953. The molecule has 3 rings (SSSR count). The number of benzene rings is 2. The number of halogens is 1. The van der Waals surface area contributed by atoms with Crippen LogP contribution in [0, 0.1) is 5.82 Å². The van der Waals surface area contributed by atoms with Gasteiger partial charge in [0, 0.05) is 31.9 Å². The lowest BCUT2D eigenvalue weighted by molar-refractivity contribution is -0.117. The van der Waals surface area contributed by atoms with Crippen LogP contribution >= 0.6 is 0 Å². The van der Waals surface area contributed by atoms with Gasteiger partial charge in [-0.1, -0.05) is 0 Å². The van der Waals surface area contributed by atoms with Crippen LogP contribution < -0.4 is 5.32 Å². The topological polar surface area (TPSA) is 96.0 Å². The molecule has 1 N–H and O–H groups in total. The lowest BCUT2D eigenvalue weighted by atomic mass is 10.2. The van der Waals surface area contributed by atoms with Gasteiger partial charge in [-0.2, -0.15) is 4.31 Å². The lowest BCUT2D eigenvalue weighted by Gasteiger charge is -2.33. The molecule has 2 aromatic carbocycles. The number of amides is 1. The average molecular weight is 450 g/mol. The van der Waals surface area contributed by atoms with E-state index in [1.54, 1.807) is 31.2 Å². The van der Waals surface area contributed by atoms with Crippen molar-refractivity contribution in [3.8, 4) is 0 Å². The van der Waals surface area contributed by atoms with Crippen molar-refractivity contribution in [3.63, 3.8) is 0 Å². The summed E-state index contributed by atoms with van der Waals surface area (Å²) in [4.78, 5) is 25.9. The predicted octanol–water partition coefficient (Wildman–Crippen LogP) is 1.95. The third-order valence-corrected chi connectivity index (χ3v) is 6.74. The number of ether oxygens (including phenoxy) is 1. The monoisotopic (exact) mass is 449 g/mol. The van der Waals surface area contributed by atoms with Crippen molar-refractivity contribution in [2.45, 2.75) is 11.8 Å². The Hall–Kier alpha value is -2.82. The first kappa shape index (κ1) is 22.9. The van der Waals surface area contributed by atoms with Crippen LogP contribution in [-0.4, -0.2) is 68.8 Å². The van der Waals surface area contributed by atoms with Crippen molar-refractivity contribution in [2.24, 2.45) is 0 Å². The van der Waals surface area contributed by atoms with Crippen molar-refractivity contribution >= 4 is 27.6 Å². The standard InChI is InChI=1S/C21H24FN3O5S/c1-2-30-21(27)16-3-7-18(8-4-16)23-20(26)15-24-11-13-25(14-12-24)31(28,29)19-9-5-17(22)6-10-19/h3-10H,2,11-15H2,1H3,(H,23,26). The Balaban J connectivity index is 1.50. The molecule has 0 aromatic heterocycles. The van der Waals surface area contributed by atoms with E-state index in [9.17, 15) is 22.4 Å². The second-order valence-corrected chi connectivity index (χ2v) is 8.92. The summed E-state index contributed by atoms with van der Waals surface area (Å²) >= 11 is 0. The van der Waals surface area contributed by atoms with E-state index in [4.69, 9.17) is 4.74 Å². The van der Waals surface area contributed by atoms with Crippen LogP contribution in [-0.2, 0) is 19.6 Å². The highest BCUT2D eigenvalue weighted by molar-refractivity contribution is 7.89. The fraction of sp³-hybridized carbons (Fsp3) is 0.333. The molecule has 0 aliphatic carbocycles. The number of hydrogen-bond donors (Lipinski definition) is 1. The molecule has 0 radical (unpaired) electrons. The minimum absolute atomic E-state index is 0.0476. The Bertz CT molecular complexity index is 1020. The largest absolute Gasteiger partial charge is 0.462 e. The summed E-state index contributed by atoms with van der Waals surface area (Å²) in [5, 5.41) is 2.76. The lowest BCUT2D eigenvalue weighted by Crippen LogP contribution is -2.50. The maximum absolute atomic E-state index is 13.1. The number of nitrogens with zero attached hydrogens (tertiary/aromatic N) is 2. The molecule has 1 amide bonds. The van der Waals surface area contributed by atoms with E-state index in [-0.39, 0.29) is 37.0 Å². The molecule has 0 unspecified atom stereocenters. The van der Waals surface area contributed by atoms with Gasteiger partial charge in [0.2, 0.25) is 15.9 Å². The first-order valence-electron chi connectivity index (χ1n) is 9.84. The maximum Gasteiger partial charge on any atom is 0.338 e. The van der Waals surface area contributed by atoms with Gasteiger partial charge in [0.15, 0.2) is 0 Å². The maximum atomic E-state index is 13.1. The molecule has 1 fully saturated rings. The number of anilines is 1. The molecule has 2 aromatic rings. The van der Waals surface area contributed by atoms with E-state index >= 15 is 0 Å². The summed E-state index contributed by atoms with van der Waals surface area (Å²) in [5.74, 6) is -1.15. The van der Waals surface area contributed by atoms with Crippen molar-refractivity contribution in [1.29, 1.82) is 0 Å². The molecule has 166 valence electrons. The van der Waals surface area contributed by atoms with Gasteiger partial charge in [-0.15, -0.1) is 0 Å². The van der Waals surface area contributed by atoms with Gasteiger partial charge >= 0.3 is 5.97 Å². The van der Waals surface area contributed by atoms with Crippen molar-refractivity contribution < 1.29 is 27.1 Å². The average Bonchev–Trinajstić information content (AvgIpc) is 2.75. The molecular weight excluding hydrogens is 425 g/mol. The van der Waals surface area contributed by atoms with Gasteiger partial charge in [-0.3, -0.25) is 9.69 Å². The molecular formula is C21H24FN3O5S. The van der Waals surface area contributed by atoms with E-state index in [1.165, 1.54) is 16.4 Å². The minimum Gasteiger partial charge on any atom is -0.462 e. The van der Waals surface area contributed by atoms with Crippen molar-refractivity contribution in [1.82, 2.24) is 9.21 Å². The van der Waals surface area contributed by atoms with Gasteiger partial charge in [-0.25, -0.2) is 17.6 Å². The van der Waals surface area contributed by atoms with Gasteiger partial charge < -0.3 is 10.1 Å². The third-order valence-electron chi connectivity index (χ3n) is 4.83. The van der Waals surface area contributed by atoms with E-state index in [0.717, 1.165) is 12.1 Å². The molecule has 1 aliphatic heterocycles. The first-order valence-corrected chi connectivity index (χ1v) is 11.3. The Kier molecular flexibility index (Phi) is 7.37. The number of carbonyl (C=O) groups is 2. The second-order valence-electron chi connectivity index (χ2n) is 6.98. The summed E-state index contributed by atoms with van der Waals surface area (Å²) in [7, 11) is -3.69. The molecule has 0 saturated carbocycles. The van der Waals surface area contributed by atoms with Gasteiger partial charge in [0.05, 0.1) is 23.6 Å². The van der Waals surface area contributed by atoms with E-state index < -0.39 is 21.8 Å². The van der Waals surface area contributed by atoms with Gasteiger partial charge in [0.25, 0.3) is 0 Å². The minimum atomic E-state index is -3.69. The summed E-state index contributed by atoms with van der Waals surface area (Å²) < 4.78 is 44.6. The molecule has 10 heteroatoms. The van der Waals surface area contributed by atoms with Gasteiger partial charge in [0.1, 0.15) is 5.82 Å². The van der Waals surface area contributed by atoms with Crippen LogP contribution in [0.5, 0.6) is 0 Å². The Morgan fingerprint density at radius 2 is 1.61 bits per heavy atom. The van der Waals surface area contributed by atoms with Crippen molar-refractivity contribution in [2.75, 3.05) is 44.6 Å². The Morgan fingerprint density at radius 1 is 1.00 bits per heavy atom. The van der Waals surface area contributed by atoms with Crippen LogP contribution in [0.2, 0.25) is 0 Å². The molecule has 1 aliphatic rings. The Labute approximate surface area is 180 Å². The number of rotatable bonds is 7. The molecule has 0 atom stereocenters. The molecule has 1 saturated heterocycles. The smallest absolute Gasteiger partial charge is 0.338 e.